The van der Waals surface area contributed by atoms with Crippen molar-refractivity contribution in [3.8, 4) is 5.69 Å². The fourth-order valence-electron chi connectivity index (χ4n) is 2.33. The van der Waals surface area contributed by atoms with Crippen molar-refractivity contribution in [3.63, 3.8) is 0 Å². The van der Waals surface area contributed by atoms with Crippen LogP contribution in [0.3, 0.4) is 0 Å². The second-order valence-corrected chi connectivity index (χ2v) is 4.67. The molecule has 4 heteroatoms. The van der Waals surface area contributed by atoms with Crippen LogP contribution in [0.2, 0.25) is 0 Å². The van der Waals surface area contributed by atoms with Crippen molar-refractivity contribution in [3.05, 3.63) is 42.7 Å². The first kappa shape index (κ1) is 11.3. The predicted octanol–water partition coefficient (Wildman–Crippen LogP) is 2.04. The molecule has 1 fully saturated rings. The lowest BCUT2D eigenvalue weighted by molar-refractivity contribution is 0.633. The van der Waals surface area contributed by atoms with Crippen molar-refractivity contribution in [1.82, 2.24) is 15.1 Å². The number of anilines is 1. The van der Waals surface area contributed by atoms with Gasteiger partial charge in [0.05, 0.1) is 5.69 Å². The van der Waals surface area contributed by atoms with Crippen LogP contribution in [0.5, 0.6) is 0 Å². The van der Waals surface area contributed by atoms with Crippen molar-refractivity contribution in [2.24, 2.45) is 0 Å². The number of nitrogens with one attached hydrogen (secondary N) is 2. The molecule has 0 aliphatic carbocycles. The third kappa shape index (κ3) is 2.54. The van der Waals surface area contributed by atoms with Gasteiger partial charge in [-0.1, -0.05) is 0 Å². The normalized spacial score (nSPS) is 19.0. The Morgan fingerprint density at radius 2 is 2.22 bits per heavy atom. The van der Waals surface area contributed by atoms with Crippen molar-refractivity contribution < 1.29 is 0 Å². The van der Waals surface area contributed by atoms with Crippen molar-refractivity contribution in [2.75, 3.05) is 18.4 Å². The third-order valence-corrected chi connectivity index (χ3v) is 3.35. The quantitative estimate of drug-likeness (QED) is 0.862. The molecule has 1 aliphatic rings. The average molecular weight is 242 g/mol. The van der Waals surface area contributed by atoms with Crippen LogP contribution in [-0.4, -0.2) is 28.9 Å². The number of rotatable bonds is 4. The van der Waals surface area contributed by atoms with Crippen LogP contribution in [0.15, 0.2) is 42.7 Å². The lowest BCUT2D eigenvalue weighted by Crippen LogP contribution is -2.29. The lowest BCUT2D eigenvalue weighted by atomic mass is 10.2. The molecule has 94 valence electrons. The maximum absolute atomic E-state index is 4.21. The Morgan fingerprint density at radius 3 is 2.89 bits per heavy atom. The molecule has 2 heterocycles. The highest BCUT2D eigenvalue weighted by Gasteiger charge is 2.12. The number of benzene rings is 1. The first-order chi connectivity index (χ1) is 8.92. The van der Waals surface area contributed by atoms with Gasteiger partial charge in [0.1, 0.15) is 0 Å². The van der Waals surface area contributed by atoms with E-state index >= 15 is 0 Å². The Bertz CT molecular complexity index is 469. The van der Waals surface area contributed by atoms with E-state index in [1.165, 1.54) is 18.5 Å². The third-order valence-electron chi connectivity index (χ3n) is 3.35. The Balaban J connectivity index is 1.60. The van der Waals surface area contributed by atoms with Gasteiger partial charge in [0.2, 0.25) is 0 Å². The van der Waals surface area contributed by atoms with Crippen LogP contribution in [0.1, 0.15) is 12.8 Å². The highest BCUT2D eigenvalue weighted by molar-refractivity contribution is 5.48. The molecule has 0 bridgehead atoms. The Labute approximate surface area is 107 Å². The first-order valence-electron chi connectivity index (χ1n) is 6.49. The Morgan fingerprint density at radius 1 is 1.33 bits per heavy atom. The summed E-state index contributed by atoms with van der Waals surface area (Å²) in [5.41, 5.74) is 2.25. The van der Waals surface area contributed by atoms with Crippen molar-refractivity contribution in [2.45, 2.75) is 18.9 Å². The zero-order valence-electron chi connectivity index (χ0n) is 10.3. The van der Waals surface area contributed by atoms with Crippen LogP contribution in [-0.2, 0) is 0 Å². The molecule has 1 aromatic carbocycles. The van der Waals surface area contributed by atoms with E-state index in [1.54, 1.807) is 6.20 Å². The summed E-state index contributed by atoms with van der Waals surface area (Å²) in [6, 6.07) is 10.9. The molecular formula is C14H18N4. The highest BCUT2D eigenvalue weighted by atomic mass is 15.3. The van der Waals surface area contributed by atoms with E-state index in [2.05, 4.69) is 40.0 Å². The van der Waals surface area contributed by atoms with E-state index in [0.29, 0.717) is 6.04 Å². The van der Waals surface area contributed by atoms with Gasteiger partial charge >= 0.3 is 0 Å². The van der Waals surface area contributed by atoms with Crippen LogP contribution in [0.25, 0.3) is 5.69 Å². The summed E-state index contributed by atoms with van der Waals surface area (Å²) in [7, 11) is 0. The Hall–Kier alpha value is -1.81. The second kappa shape index (κ2) is 5.23. The van der Waals surface area contributed by atoms with Gasteiger partial charge in [-0.2, -0.15) is 5.10 Å². The second-order valence-electron chi connectivity index (χ2n) is 4.67. The van der Waals surface area contributed by atoms with Gasteiger partial charge in [-0.15, -0.1) is 0 Å². The molecule has 1 atom stereocenters. The average Bonchev–Trinajstić information content (AvgIpc) is 3.10. The molecule has 0 saturated carbocycles. The van der Waals surface area contributed by atoms with E-state index in [9.17, 15) is 0 Å². The summed E-state index contributed by atoms with van der Waals surface area (Å²) in [6.45, 7) is 2.16. The van der Waals surface area contributed by atoms with Gasteiger partial charge in [0.25, 0.3) is 0 Å². The van der Waals surface area contributed by atoms with Gasteiger partial charge in [0, 0.05) is 30.7 Å². The fourth-order valence-corrected chi connectivity index (χ4v) is 2.33. The minimum absolute atomic E-state index is 0.621. The maximum Gasteiger partial charge on any atom is 0.0647 e. The maximum atomic E-state index is 4.21. The van der Waals surface area contributed by atoms with Crippen LogP contribution >= 0.6 is 0 Å². The van der Waals surface area contributed by atoms with E-state index in [4.69, 9.17) is 0 Å². The molecule has 1 aromatic heterocycles. The molecule has 2 aromatic rings. The fraction of sp³-hybridized carbons (Fsp3) is 0.357. The van der Waals surface area contributed by atoms with Gasteiger partial charge in [-0.05, 0) is 49.7 Å². The molecule has 1 unspecified atom stereocenters. The number of aromatic nitrogens is 2. The molecule has 2 N–H and O–H groups in total. The van der Waals surface area contributed by atoms with Crippen molar-refractivity contribution in [1.29, 1.82) is 0 Å². The molecule has 18 heavy (non-hydrogen) atoms. The standard InChI is InChI=1S/C14H18N4/c1-3-13(15-8-1)11-16-12-4-6-14(7-5-12)18-10-2-9-17-18/h2,4-7,9-10,13,15-16H,1,3,8,11H2. The van der Waals surface area contributed by atoms with Crippen LogP contribution in [0.4, 0.5) is 5.69 Å². The zero-order valence-corrected chi connectivity index (χ0v) is 10.3. The topological polar surface area (TPSA) is 41.9 Å². The van der Waals surface area contributed by atoms with E-state index in [0.717, 1.165) is 18.8 Å². The van der Waals surface area contributed by atoms with Crippen molar-refractivity contribution >= 4 is 5.69 Å². The number of nitrogens with zero attached hydrogens (tertiary/aromatic N) is 2. The molecule has 1 saturated heterocycles. The summed E-state index contributed by atoms with van der Waals surface area (Å²) in [5, 5.41) is 11.2. The lowest BCUT2D eigenvalue weighted by Gasteiger charge is -2.12. The minimum Gasteiger partial charge on any atom is -0.383 e. The molecule has 4 nitrogen and oxygen atoms in total. The highest BCUT2D eigenvalue weighted by Crippen LogP contribution is 2.13. The smallest absolute Gasteiger partial charge is 0.0647 e. The van der Waals surface area contributed by atoms with Gasteiger partial charge < -0.3 is 10.6 Å². The Kier molecular flexibility index (Phi) is 3.28. The van der Waals surface area contributed by atoms with E-state index in [-0.39, 0.29) is 0 Å². The largest absolute Gasteiger partial charge is 0.383 e. The summed E-state index contributed by atoms with van der Waals surface area (Å²) >= 11 is 0. The van der Waals surface area contributed by atoms with E-state index in [1.807, 2.05) is 16.9 Å². The van der Waals surface area contributed by atoms with Gasteiger partial charge in [-0.3, -0.25) is 0 Å². The SMILES string of the molecule is c1cnn(-c2ccc(NCC3CCCN3)cc2)c1. The van der Waals surface area contributed by atoms with E-state index < -0.39 is 0 Å². The van der Waals surface area contributed by atoms with Gasteiger partial charge in [-0.25, -0.2) is 4.68 Å². The van der Waals surface area contributed by atoms with Gasteiger partial charge in [0.15, 0.2) is 0 Å². The number of hydrogen-bond acceptors (Lipinski definition) is 3. The molecule has 0 spiro atoms. The first-order valence-corrected chi connectivity index (χ1v) is 6.49. The molecule has 3 rings (SSSR count). The molecular weight excluding hydrogens is 224 g/mol. The predicted molar refractivity (Wildman–Crippen MR) is 73.1 cm³/mol. The molecule has 0 amide bonds. The molecule has 1 aliphatic heterocycles. The summed E-state index contributed by atoms with van der Waals surface area (Å²) < 4.78 is 1.86. The number of hydrogen-bond donors (Lipinski definition) is 2. The molecule has 0 radical (unpaired) electrons. The van der Waals surface area contributed by atoms with Crippen LogP contribution in [0, 0.1) is 0 Å². The monoisotopic (exact) mass is 242 g/mol. The zero-order chi connectivity index (χ0) is 12.2. The minimum atomic E-state index is 0.621. The summed E-state index contributed by atoms with van der Waals surface area (Å²) in [5.74, 6) is 0. The van der Waals surface area contributed by atoms with Crippen LogP contribution < -0.4 is 10.6 Å². The summed E-state index contributed by atoms with van der Waals surface area (Å²) in [6.07, 6.45) is 6.31. The summed E-state index contributed by atoms with van der Waals surface area (Å²) in [4.78, 5) is 0.